The molecule has 1 N–H and O–H groups in total. The van der Waals surface area contributed by atoms with E-state index < -0.39 is 21.5 Å². The van der Waals surface area contributed by atoms with Gasteiger partial charge in [-0.15, -0.1) is 0 Å². The van der Waals surface area contributed by atoms with Crippen molar-refractivity contribution in [1.29, 1.82) is 0 Å². The third kappa shape index (κ3) is 4.41. The van der Waals surface area contributed by atoms with Crippen LogP contribution in [0.4, 0.5) is 20.3 Å². The Balaban J connectivity index is 1.72. The SMILES string of the molecule is CCN(C(=O)c1ccc(Nc2ccc(F)c(F)c2)nc1)C1CCS(=O)(=O)C1. The van der Waals surface area contributed by atoms with Gasteiger partial charge in [0.15, 0.2) is 21.5 Å². The van der Waals surface area contributed by atoms with Crippen molar-refractivity contribution in [3.63, 3.8) is 0 Å². The van der Waals surface area contributed by atoms with Crippen LogP contribution in [0, 0.1) is 11.6 Å². The van der Waals surface area contributed by atoms with Crippen LogP contribution in [0.3, 0.4) is 0 Å². The molecular weight excluding hydrogens is 376 g/mol. The zero-order valence-electron chi connectivity index (χ0n) is 14.7. The molecule has 0 saturated carbocycles. The fourth-order valence-corrected chi connectivity index (χ4v) is 4.80. The van der Waals surface area contributed by atoms with Gasteiger partial charge in [-0.2, -0.15) is 0 Å². The highest BCUT2D eigenvalue weighted by molar-refractivity contribution is 7.91. The minimum Gasteiger partial charge on any atom is -0.340 e. The molecule has 1 unspecified atom stereocenters. The zero-order chi connectivity index (χ0) is 19.6. The number of sulfone groups is 1. The molecule has 1 atom stereocenters. The van der Waals surface area contributed by atoms with Crippen molar-refractivity contribution in [1.82, 2.24) is 9.88 Å². The molecule has 1 amide bonds. The van der Waals surface area contributed by atoms with Gasteiger partial charge in [-0.1, -0.05) is 0 Å². The second kappa shape index (κ2) is 7.59. The van der Waals surface area contributed by atoms with E-state index in [0.717, 1.165) is 12.1 Å². The van der Waals surface area contributed by atoms with Crippen LogP contribution in [0.2, 0.25) is 0 Å². The van der Waals surface area contributed by atoms with E-state index in [9.17, 15) is 22.0 Å². The molecule has 1 aliphatic rings. The Kier molecular flexibility index (Phi) is 5.41. The fraction of sp³-hybridized carbons (Fsp3) is 0.333. The van der Waals surface area contributed by atoms with E-state index in [0.29, 0.717) is 30.0 Å². The molecule has 1 aliphatic heterocycles. The topological polar surface area (TPSA) is 79.4 Å². The van der Waals surface area contributed by atoms with Crippen LogP contribution in [-0.2, 0) is 9.84 Å². The predicted molar refractivity (Wildman–Crippen MR) is 97.6 cm³/mol. The van der Waals surface area contributed by atoms with Crippen LogP contribution in [-0.4, -0.2) is 48.3 Å². The molecule has 27 heavy (non-hydrogen) atoms. The maximum absolute atomic E-state index is 13.3. The van der Waals surface area contributed by atoms with Crippen LogP contribution in [0.15, 0.2) is 36.5 Å². The molecule has 1 aromatic carbocycles. The van der Waals surface area contributed by atoms with E-state index in [2.05, 4.69) is 10.3 Å². The smallest absolute Gasteiger partial charge is 0.255 e. The molecule has 2 heterocycles. The summed E-state index contributed by atoms with van der Waals surface area (Å²) in [5.74, 6) is -1.76. The van der Waals surface area contributed by atoms with Gasteiger partial charge < -0.3 is 10.2 Å². The maximum atomic E-state index is 13.3. The van der Waals surface area contributed by atoms with Crippen LogP contribution >= 0.6 is 0 Å². The Bertz CT molecular complexity index is 949. The average Bonchev–Trinajstić information content (AvgIpc) is 2.99. The highest BCUT2D eigenvalue weighted by Gasteiger charge is 2.34. The summed E-state index contributed by atoms with van der Waals surface area (Å²) in [7, 11) is -3.09. The summed E-state index contributed by atoms with van der Waals surface area (Å²) in [6.07, 6.45) is 1.81. The lowest BCUT2D eigenvalue weighted by Crippen LogP contribution is -2.41. The first kappa shape index (κ1) is 19.2. The van der Waals surface area contributed by atoms with Crippen LogP contribution in [0.1, 0.15) is 23.7 Å². The van der Waals surface area contributed by atoms with Gasteiger partial charge in [0, 0.05) is 30.5 Å². The Morgan fingerprint density at radius 3 is 2.59 bits per heavy atom. The summed E-state index contributed by atoms with van der Waals surface area (Å²) in [6, 6.07) is 6.17. The quantitative estimate of drug-likeness (QED) is 0.842. The highest BCUT2D eigenvalue weighted by atomic mass is 32.2. The molecule has 0 radical (unpaired) electrons. The summed E-state index contributed by atoms with van der Waals surface area (Å²) in [5.41, 5.74) is 0.656. The molecule has 1 fully saturated rings. The van der Waals surface area contributed by atoms with Gasteiger partial charge in [0.1, 0.15) is 5.82 Å². The van der Waals surface area contributed by atoms with E-state index in [-0.39, 0.29) is 23.5 Å². The van der Waals surface area contributed by atoms with Crippen LogP contribution < -0.4 is 5.32 Å². The first-order valence-corrected chi connectivity index (χ1v) is 10.3. The summed E-state index contributed by atoms with van der Waals surface area (Å²) in [5, 5.41) is 2.83. The van der Waals surface area contributed by atoms with Gasteiger partial charge in [-0.05, 0) is 37.6 Å². The number of hydrogen-bond acceptors (Lipinski definition) is 5. The van der Waals surface area contributed by atoms with E-state index in [1.54, 1.807) is 24.0 Å². The third-order valence-corrected chi connectivity index (χ3v) is 6.20. The summed E-state index contributed by atoms with van der Waals surface area (Å²) < 4.78 is 49.6. The highest BCUT2D eigenvalue weighted by Crippen LogP contribution is 2.21. The number of halogens is 2. The van der Waals surface area contributed by atoms with Crippen molar-refractivity contribution in [2.75, 3.05) is 23.4 Å². The second-order valence-electron chi connectivity index (χ2n) is 6.33. The first-order chi connectivity index (χ1) is 12.8. The van der Waals surface area contributed by atoms with E-state index in [1.165, 1.54) is 12.3 Å². The number of nitrogens with zero attached hydrogens (tertiary/aromatic N) is 2. The van der Waals surface area contributed by atoms with Crippen molar-refractivity contribution < 1.29 is 22.0 Å². The van der Waals surface area contributed by atoms with Crippen molar-refractivity contribution in [2.24, 2.45) is 0 Å². The normalized spacial score (nSPS) is 18.3. The number of anilines is 2. The predicted octanol–water partition coefficient (Wildman–Crippen LogP) is 2.75. The fourth-order valence-electron chi connectivity index (χ4n) is 3.07. The molecule has 1 aromatic heterocycles. The zero-order valence-corrected chi connectivity index (χ0v) is 15.5. The number of benzene rings is 1. The number of rotatable bonds is 5. The number of carbonyl (C=O) groups is 1. The third-order valence-electron chi connectivity index (χ3n) is 4.45. The number of aromatic nitrogens is 1. The van der Waals surface area contributed by atoms with Gasteiger partial charge >= 0.3 is 0 Å². The Hall–Kier alpha value is -2.55. The lowest BCUT2D eigenvalue weighted by atomic mass is 10.1. The summed E-state index contributed by atoms with van der Waals surface area (Å²) >= 11 is 0. The molecule has 2 aromatic rings. The van der Waals surface area contributed by atoms with Gasteiger partial charge in [-0.25, -0.2) is 22.2 Å². The van der Waals surface area contributed by atoms with Gasteiger partial charge in [0.05, 0.1) is 17.1 Å². The molecule has 1 saturated heterocycles. The Labute approximate surface area is 156 Å². The molecular formula is C18H19F2N3O3S. The summed E-state index contributed by atoms with van der Waals surface area (Å²) in [4.78, 5) is 18.4. The van der Waals surface area contributed by atoms with Crippen molar-refractivity contribution in [3.05, 3.63) is 53.7 Å². The van der Waals surface area contributed by atoms with Gasteiger partial charge in [0.2, 0.25) is 0 Å². The van der Waals surface area contributed by atoms with E-state index in [4.69, 9.17) is 0 Å². The van der Waals surface area contributed by atoms with E-state index in [1.807, 2.05) is 0 Å². The van der Waals surface area contributed by atoms with E-state index >= 15 is 0 Å². The monoisotopic (exact) mass is 395 g/mol. The lowest BCUT2D eigenvalue weighted by molar-refractivity contribution is 0.0708. The molecule has 0 spiro atoms. The number of amides is 1. The van der Waals surface area contributed by atoms with Crippen molar-refractivity contribution >= 4 is 27.2 Å². The van der Waals surface area contributed by atoms with Gasteiger partial charge in [-0.3, -0.25) is 4.79 Å². The van der Waals surface area contributed by atoms with Crippen molar-refractivity contribution in [3.8, 4) is 0 Å². The Morgan fingerprint density at radius 1 is 1.26 bits per heavy atom. The lowest BCUT2D eigenvalue weighted by Gasteiger charge is -2.26. The number of hydrogen-bond donors (Lipinski definition) is 1. The van der Waals surface area contributed by atoms with Crippen LogP contribution in [0.25, 0.3) is 0 Å². The van der Waals surface area contributed by atoms with Crippen molar-refractivity contribution in [2.45, 2.75) is 19.4 Å². The molecule has 0 bridgehead atoms. The largest absolute Gasteiger partial charge is 0.340 e. The van der Waals surface area contributed by atoms with Crippen LogP contribution in [0.5, 0.6) is 0 Å². The molecule has 144 valence electrons. The maximum Gasteiger partial charge on any atom is 0.255 e. The summed E-state index contributed by atoms with van der Waals surface area (Å²) in [6.45, 7) is 2.20. The molecule has 0 aliphatic carbocycles. The molecule has 9 heteroatoms. The standard InChI is InChI=1S/C18H19F2N3O3S/c1-2-23(14-7-8-27(25,26)11-14)18(24)12-3-6-17(21-10-12)22-13-4-5-15(19)16(20)9-13/h3-6,9-10,14H,2,7-8,11H2,1H3,(H,21,22). The molecule has 3 rings (SSSR count). The number of carbonyl (C=O) groups excluding carboxylic acids is 1. The average molecular weight is 395 g/mol. The Morgan fingerprint density at radius 2 is 2.04 bits per heavy atom. The molecule has 6 nitrogen and oxygen atoms in total. The number of nitrogens with one attached hydrogen (secondary N) is 1. The number of pyridine rings is 1. The minimum absolute atomic E-state index is 0.0181. The minimum atomic E-state index is -3.09. The second-order valence-corrected chi connectivity index (χ2v) is 8.56. The first-order valence-electron chi connectivity index (χ1n) is 8.48. The van der Waals surface area contributed by atoms with Gasteiger partial charge in [0.25, 0.3) is 5.91 Å².